The zero-order valence-corrected chi connectivity index (χ0v) is 14.2. The number of nitrogens with two attached hydrogens (primary N) is 1. The molecule has 0 amide bonds. The third kappa shape index (κ3) is 3.37. The van der Waals surface area contributed by atoms with Gasteiger partial charge in [0.2, 0.25) is 10.0 Å². The van der Waals surface area contributed by atoms with Crippen LogP contribution < -0.4 is 5.73 Å². The summed E-state index contributed by atoms with van der Waals surface area (Å²) in [6.45, 7) is 5.97. The van der Waals surface area contributed by atoms with Crippen LogP contribution in [0.25, 0.3) is 0 Å². The van der Waals surface area contributed by atoms with Crippen molar-refractivity contribution in [2.75, 3.05) is 7.05 Å². The van der Waals surface area contributed by atoms with E-state index >= 15 is 0 Å². The van der Waals surface area contributed by atoms with Crippen molar-refractivity contribution in [3.8, 4) is 0 Å². The van der Waals surface area contributed by atoms with E-state index in [-0.39, 0.29) is 6.04 Å². The van der Waals surface area contributed by atoms with Crippen molar-refractivity contribution in [3.63, 3.8) is 0 Å². The van der Waals surface area contributed by atoms with E-state index in [0.717, 1.165) is 16.5 Å². The molecular formula is C13H21BrN2O2S. The Morgan fingerprint density at radius 1 is 1.42 bits per heavy atom. The van der Waals surface area contributed by atoms with Crippen molar-refractivity contribution in [3.05, 3.63) is 27.7 Å². The van der Waals surface area contributed by atoms with Gasteiger partial charge in [-0.3, -0.25) is 0 Å². The lowest BCUT2D eigenvalue weighted by Gasteiger charge is -2.24. The van der Waals surface area contributed by atoms with E-state index in [4.69, 9.17) is 5.73 Å². The zero-order chi connectivity index (χ0) is 14.8. The molecule has 4 nitrogen and oxygen atoms in total. The smallest absolute Gasteiger partial charge is 0.243 e. The highest BCUT2D eigenvalue weighted by Gasteiger charge is 2.27. The molecule has 0 spiro atoms. The second kappa shape index (κ2) is 6.35. The Morgan fingerprint density at radius 2 is 2.00 bits per heavy atom. The molecule has 1 atom stereocenters. The average molecular weight is 349 g/mol. The Kier molecular flexibility index (Phi) is 5.55. The minimum atomic E-state index is -3.49. The summed E-state index contributed by atoms with van der Waals surface area (Å²) < 4.78 is 27.5. The predicted molar refractivity (Wildman–Crippen MR) is 81.5 cm³/mol. The van der Waals surface area contributed by atoms with Gasteiger partial charge in [0.25, 0.3) is 0 Å². The molecule has 0 saturated carbocycles. The molecule has 0 aliphatic heterocycles. The van der Waals surface area contributed by atoms with E-state index in [1.807, 2.05) is 19.9 Å². The zero-order valence-electron chi connectivity index (χ0n) is 11.8. The minimum absolute atomic E-state index is 0.0373. The molecule has 0 aliphatic carbocycles. The molecule has 0 bridgehead atoms. The molecule has 1 rings (SSSR count). The minimum Gasteiger partial charge on any atom is -0.326 e. The number of rotatable bonds is 5. The number of halogens is 1. The fraction of sp³-hybridized carbons (Fsp3) is 0.538. The lowest BCUT2D eigenvalue weighted by Crippen LogP contribution is -2.35. The van der Waals surface area contributed by atoms with Crippen LogP contribution in [0.15, 0.2) is 21.5 Å². The van der Waals surface area contributed by atoms with Gasteiger partial charge in [-0.25, -0.2) is 8.42 Å². The summed E-state index contributed by atoms with van der Waals surface area (Å²) in [6, 6.07) is 3.48. The van der Waals surface area contributed by atoms with E-state index in [9.17, 15) is 8.42 Å². The van der Waals surface area contributed by atoms with Gasteiger partial charge in [0.1, 0.15) is 0 Å². The van der Waals surface area contributed by atoms with Crippen LogP contribution >= 0.6 is 15.9 Å². The van der Waals surface area contributed by atoms with Gasteiger partial charge in [0.05, 0.1) is 4.90 Å². The highest BCUT2D eigenvalue weighted by Crippen LogP contribution is 2.28. The first kappa shape index (κ1) is 16.6. The van der Waals surface area contributed by atoms with Gasteiger partial charge in [-0.2, -0.15) is 4.31 Å². The summed E-state index contributed by atoms with van der Waals surface area (Å²) >= 11 is 3.39. The monoisotopic (exact) mass is 348 g/mol. The standard InChI is InChI=1S/C13H21BrN2O2S/c1-5-9(2)16(4)19(17,18)13-7-11(8-15)6-12(14)10(13)3/h6-7,9H,5,8,15H2,1-4H3. The average Bonchev–Trinajstić information content (AvgIpc) is 2.39. The van der Waals surface area contributed by atoms with E-state index in [2.05, 4.69) is 15.9 Å². The van der Waals surface area contributed by atoms with Gasteiger partial charge in [-0.15, -0.1) is 0 Å². The number of benzene rings is 1. The predicted octanol–water partition coefficient (Wildman–Crippen LogP) is 2.64. The molecule has 0 saturated heterocycles. The molecular weight excluding hydrogens is 328 g/mol. The lowest BCUT2D eigenvalue weighted by molar-refractivity contribution is 0.380. The van der Waals surface area contributed by atoms with Crippen molar-refractivity contribution < 1.29 is 8.42 Å². The fourth-order valence-electron chi connectivity index (χ4n) is 1.74. The summed E-state index contributed by atoms with van der Waals surface area (Å²) in [5.41, 5.74) is 7.13. The second-order valence-corrected chi connectivity index (χ2v) is 7.50. The maximum atomic E-state index is 12.6. The van der Waals surface area contributed by atoms with Gasteiger partial charge in [-0.05, 0) is 43.5 Å². The first-order valence-corrected chi connectivity index (χ1v) is 8.46. The first-order chi connectivity index (χ1) is 8.75. The fourth-order valence-corrected chi connectivity index (χ4v) is 4.11. The molecule has 1 aromatic rings. The third-order valence-corrected chi connectivity index (χ3v) is 6.38. The summed E-state index contributed by atoms with van der Waals surface area (Å²) in [4.78, 5) is 0.324. The van der Waals surface area contributed by atoms with Gasteiger partial charge >= 0.3 is 0 Å². The van der Waals surface area contributed by atoms with Crippen LogP contribution in [0.1, 0.15) is 31.4 Å². The maximum absolute atomic E-state index is 12.6. The van der Waals surface area contributed by atoms with Crippen molar-refractivity contribution in [1.29, 1.82) is 0 Å². The molecule has 2 N–H and O–H groups in total. The lowest BCUT2D eigenvalue weighted by atomic mass is 10.1. The van der Waals surface area contributed by atoms with E-state index in [1.165, 1.54) is 4.31 Å². The van der Waals surface area contributed by atoms with Gasteiger partial charge in [0.15, 0.2) is 0 Å². The topological polar surface area (TPSA) is 63.4 Å². The molecule has 19 heavy (non-hydrogen) atoms. The van der Waals surface area contributed by atoms with E-state index < -0.39 is 10.0 Å². The summed E-state index contributed by atoms with van der Waals surface area (Å²) in [6.07, 6.45) is 0.770. The largest absolute Gasteiger partial charge is 0.326 e. The first-order valence-electron chi connectivity index (χ1n) is 6.22. The van der Waals surface area contributed by atoms with Crippen LogP contribution in [-0.2, 0) is 16.6 Å². The van der Waals surface area contributed by atoms with Gasteiger partial charge in [-0.1, -0.05) is 22.9 Å². The van der Waals surface area contributed by atoms with Crippen molar-refractivity contribution >= 4 is 26.0 Å². The van der Waals surface area contributed by atoms with Crippen molar-refractivity contribution in [1.82, 2.24) is 4.31 Å². The summed E-state index contributed by atoms with van der Waals surface area (Å²) in [7, 11) is -1.87. The van der Waals surface area contributed by atoms with Crippen LogP contribution in [0.3, 0.4) is 0 Å². The molecule has 0 radical (unpaired) electrons. The van der Waals surface area contributed by atoms with Crippen LogP contribution in [0.4, 0.5) is 0 Å². The van der Waals surface area contributed by atoms with Crippen LogP contribution in [0, 0.1) is 6.92 Å². The third-order valence-electron chi connectivity index (χ3n) is 3.46. The van der Waals surface area contributed by atoms with Crippen LogP contribution in [-0.4, -0.2) is 25.8 Å². The van der Waals surface area contributed by atoms with Crippen molar-refractivity contribution in [2.45, 2.75) is 44.7 Å². The Labute approximate surface area is 124 Å². The number of nitrogens with zero attached hydrogens (tertiary/aromatic N) is 1. The number of hydrogen-bond donors (Lipinski definition) is 1. The molecule has 6 heteroatoms. The summed E-state index contributed by atoms with van der Waals surface area (Å²) in [5, 5.41) is 0. The van der Waals surface area contributed by atoms with Crippen LogP contribution in [0.2, 0.25) is 0 Å². The quantitative estimate of drug-likeness (QED) is 0.889. The highest BCUT2D eigenvalue weighted by molar-refractivity contribution is 9.10. The Balaban J connectivity index is 3.40. The second-order valence-electron chi connectivity index (χ2n) is 4.68. The van der Waals surface area contributed by atoms with Crippen molar-refractivity contribution in [2.24, 2.45) is 5.73 Å². The molecule has 0 heterocycles. The molecule has 0 fully saturated rings. The highest BCUT2D eigenvalue weighted by atomic mass is 79.9. The normalized spacial score (nSPS) is 13.8. The summed E-state index contributed by atoms with van der Waals surface area (Å²) in [5.74, 6) is 0. The Bertz CT molecular complexity index is 558. The van der Waals surface area contributed by atoms with Gasteiger partial charge in [0, 0.05) is 24.1 Å². The van der Waals surface area contributed by atoms with E-state index in [1.54, 1.807) is 20.0 Å². The van der Waals surface area contributed by atoms with Gasteiger partial charge < -0.3 is 5.73 Å². The molecule has 0 aliphatic rings. The number of hydrogen-bond acceptors (Lipinski definition) is 3. The molecule has 1 unspecified atom stereocenters. The molecule has 1 aromatic carbocycles. The Morgan fingerprint density at radius 3 is 2.47 bits per heavy atom. The number of sulfonamides is 1. The Hall–Kier alpha value is -0.430. The van der Waals surface area contributed by atoms with E-state index in [0.29, 0.717) is 17.0 Å². The maximum Gasteiger partial charge on any atom is 0.243 e. The molecule has 108 valence electrons. The van der Waals surface area contributed by atoms with Crippen LogP contribution in [0.5, 0.6) is 0 Å². The molecule has 0 aromatic heterocycles. The SMILES string of the molecule is CCC(C)N(C)S(=O)(=O)c1cc(CN)cc(Br)c1C.